The molecule has 0 atom stereocenters. The summed E-state index contributed by atoms with van der Waals surface area (Å²) in [4.78, 5) is 0. The average Bonchev–Trinajstić information content (AvgIpc) is 2.73. The van der Waals surface area contributed by atoms with E-state index in [1.807, 2.05) is 22.9 Å². The lowest BCUT2D eigenvalue weighted by molar-refractivity contribution is 0.515. The first-order valence-electron chi connectivity index (χ1n) is 5.87. The van der Waals surface area contributed by atoms with Crippen LogP contribution in [-0.4, -0.2) is 16.3 Å². The van der Waals surface area contributed by atoms with E-state index in [0.717, 1.165) is 17.1 Å². The summed E-state index contributed by atoms with van der Waals surface area (Å²) in [5.41, 5.74) is 8.97. The third kappa shape index (κ3) is 2.24. The second-order valence-corrected chi connectivity index (χ2v) is 5.01. The minimum absolute atomic E-state index is 0.0786. The van der Waals surface area contributed by atoms with Crippen molar-refractivity contribution in [2.24, 2.45) is 5.73 Å². The van der Waals surface area contributed by atoms with Gasteiger partial charge in [0.2, 0.25) is 0 Å². The summed E-state index contributed by atoms with van der Waals surface area (Å²) in [6, 6.07) is 12.3. The highest BCUT2D eigenvalue weighted by molar-refractivity contribution is 5.34. The van der Waals surface area contributed by atoms with Crippen molar-refractivity contribution in [2.75, 3.05) is 6.54 Å². The van der Waals surface area contributed by atoms with Gasteiger partial charge in [-0.05, 0) is 25.1 Å². The van der Waals surface area contributed by atoms with Gasteiger partial charge in [0, 0.05) is 17.7 Å². The lowest BCUT2D eigenvalue weighted by atomic mass is 9.90. The van der Waals surface area contributed by atoms with Crippen LogP contribution in [0.1, 0.15) is 25.2 Å². The number of hydrogen-bond acceptors (Lipinski definition) is 2. The fraction of sp³-hybridized carbons (Fsp3) is 0.357. The minimum Gasteiger partial charge on any atom is -0.330 e. The molecule has 1 aromatic heterocycles. The van der Waals surface area contributed by atoms with Crippen molar-refractivity contribution in [2.45, 2.75) is 26.2 Å². The quantitative estimate of drug-likeness (QED) is 0.878. The van der Waals surface area contributed by atoms with Crippen LogP contribution in [0.3, 0.4) is 0 Å². The van der Waals surface area contributed by atoms with Gasteiger partial charge in [-0.25, -0.2) is 4.68 Å². The number of para-hydroxylation sites is 1. The molecule has 0 saturated heterocycles. The second-order valence-electron chi connectivity index (χ2n) is 5.01. The molecule has 1 aromatic carbocycles. The van der Waals surface area contributed by atoms with Crippen molar-refractivity contribution in [3.05, 3.63) is 47.8 Å². The Kier molecular flexibility index (Phi) is 3.03. The van der Waals surface area contributed by atoms with E-state index in [0.29, 0.717) is 6.54 Å². The lowest BCUT2D eigenvalue weighted by Gasteiger charge is -2.19. The van der Waals surface area contributed by atoms with Crippen molar-refractivity contribution in [3.8, 4) is 5.69 Å². The fourth-order valence-corrected chi connectivity index (χ4v) is 1.74. The highest BCUT2D eigenvalue weighted by atomic mass is 15.3. The van der Waals surface area contributed by atoms with Crippen molar-refractivity contribution in [1.82, 2.24) is 9.78 Å². The highest BCUT2D eigenvalue weighted by Gasteiger charge is 2.22. The zero-order chi connectivity index (χ0) is 12.5. The molecule has 0 spiro atoms. The van der Waals surface area contributed by atoms with Crippen LogP contribution < -0.4 is 5.73 Å². The van der Waals surface area contributed by atoms with Crippen LogP contribution in [0.4, 0.5) is 0 Å². The van der Waals surface area contributed by atoms with E-state index in [2.05, 4.69) is 44.1 Å². The highest BCUT2D eigenvalue weighted by Crippen LogP contribution is 2.22. The van der Waals surface area contributed by atoms with Gasteiger partial charge in [-0.15, -0.1) is 0 Å². The monoisotopic (exact) mass is 229 g/mol. The number of aryl methyl sites for hydroxylation is 1. The van der Waals surface area contributed by atoms with Gasteiger partial charge in [-0.2, -0.15) is 5.10 Å². The minimum atomic E-state index is -0.0786. The summed E-state index contributed by atoms with van der Waals surface area (Å²) in [6.45, 7) is 6.89. The standard InChI is InChI=1S/C14H19N3/c1-11-9-13(14(2,3)10-15)16-17(11)12-7-5-4-6-8-12/h4-9H,10,15H2,1-3H3. The average molecular weight is 229 g/mol. The molecule has 1 heterocycles. The normalized spacial score (nSPS) is 11.8. The number of rotatable bonds is 3. The van der Waals surface area contributed by atoms with Crippen LogP contribution in [0, 0.1) is 6.92 Å². The Morgan fingerprint density at radius 1 is 1.24 bits per heavy atom. The SMILES string of the molecule is Cc1cc(C(C)(C)CN)nn1-c1ccccc1. The largest absolute Gasteiger partial charge is 0.330 e. The Labute approximate surface area is 102 Å². The zero-order valence-corrected chi connectivity index (χ0v) is 10.6. The molecule has 0 aliphatic heterocycles. The van der Waals surface area contributed by atoms with E-state index in [4.69, 9.17) is 5.73 Å². The maximum Gasteiger partial charge on any atom is 0.0700 e. The van der Waals surface area contributed by atoms with E-state index >= 15 is 0 Å². The third-order valence-corrected chi connectivity index (χ3v) is 3.09. The van der Waals surface area contributed by atoms with E-state index in [1.54, 1.807) is 0 Å². The van der Waals surface area contributed by atoms with Crippen molar-refractivity contribution in [1.29, 1.82) is 0 Å². The molecule has 0 saturated carbocycles. The van der Waals surface area contributed by atoms with Crippen LogP contribution in [0.15, 0.2) is 36.4 Å². The van der Waals surface area contributed by atoms with Crippen LogP contribution in [0.2, 0.25) is 0 Å². The van der Waals surface area contributed by atoms with E-state index in [9.17, 15) is 0 Å². The van der Waals surface area contributed by atoms with Crippen molar-refractivity contribution < 1.29 is 0 Å². The van der Waals surface area contributed by atoms with Gasteiger partial charge < -0.3 is 5.73 Å². The molecule has 3 nitrogen and oxygen atoms in total. The molecule has 90 valence electrons. The first-order valence-corrected chi connectivity index (χ1v) is 5.87. The molecule has 3 heteroatoms. The van der Waals surface area contributed by atoms with E-state index < -0.39 is 0 Å². The molecule has 0 amide bonds. The second kappa shape index (κ2) is 4.34. The Balaban J connectivity index is 2.45. The number of nitrogens with two attached hydrogens (primary N) is 1. The van der Waals surface area contributed by atoms with Gasteiger partial charge >= 0.3 is 0 Å². The molecule has 0 fully saturated rings. The van der Waals surface area contributed by atoms with Crippen molar-refractivity contribution >= 4 is 0 Å². The number of hydrogen-bond donors (Lipinski definition) is 1. The van der Waals surface area contributed by atoms with Gasteiger partial charge in [0.25, 0.3) is 0 Å². The topological polar surface area (TPSA) is 43.8 Å². The molecule has 2 N–H and O–H groups in total. The van der Waals surface area contributed by atoms with Crippen LogP contribution in [0.5, 0.6) is 0 Å². The van der Waals surface area contributed by atoms with Gasteiger partial charge in [-0.1, -0.05) is 32.0 Å². The predicted molar refractivity (Wildman–Crippen MR) is 70.4 cm³/mol. The predicted octanol–water partition coefficient (Wildman–Crippen LogP) is 2.42. The first kappa shape index (κ1) is 11.9. The van der Waals surface area contributed by atoms with Gasteiger partial charge in [-0.3, -0.25) is 0 Å². The molecule has 17 heavy (non-hydrogen) atoms. The smallest absolute Gasteiger partial charge is 0.0700 e. The Morgan fingerprint density at radius 3 is 2.47 bits per heavy atom. The summed E-state index contributed by atoms with van der Waals surface area (Å²) in [7, 11) is 0. The first-order chi connectivity index (χ1) is 8.04. The Bertz CT molecular complexity index is 497. The molecule has 0 aliphatic carbocycles. The maximum absolute atomic E-state index is 5.79. The molecule has 0 unspecified atom stereocenters. The third-order valence-electron chi connectivity index (χ3n) is 3.09. The van der Waals surface area contributed by atoms with Gasteiger partial charge in [0.15, 0.2) is 0 Å². The summed E-state index contributed by atoms with van der Waals surface area (Å²) < 4.78 is 1.97. The molecule has 2 rings (SSSR count). The molecular formula is C14H19N3. The molecule has 0 radical (unpaired) electrons. The van der Waals surface area contributed by atoms with Crippen molar-refractivity contribution in [3.63, 3.8) is 0 Å². The van der Waals surface area contributed by atoms with Crippen LogP contribution in [0.25, 0.3) is 5.69 Å². The Morgan fingerprint density at radius 2 is 1.88 bits per heavy atom. The zero-order valence-electron chi connectivity index (χ0n) is 10.6. The van der Waals surface area contributed by atoms with Gasteiger partial charge in [0.1, 0.15) is 0 Å². The van der Waals surface area contributed by atoms with E-state index in [-0.39, 0.29) is 5.41 Å². The number of nitrogens with zero attached hydrogens (tertiary/aromatic N) is 2. The van der Waals surface area contributed by atoms with Crippen LogP contribution >= 0.6 is 0 Å². The number of aromatic nitrogens is 2. The summed E-state index contributed by atoms with van der Waals surface area (Å²) in [6.07, 6.45) is 0. The molecule has 0 aliphatic rings. The fourth-order valence-electron chi connectivity index (χ4n) is 1.74. The summed E-state index contributed by atoms with van der Waals surface area (Å²) >= 11 is 0. The van der Waals surface area contributed by atoms with E-state index in [1.165, 1.54) is 0 Å². The summed E-state index contributed by atoms with van der Waals surface area (Å²) in [5, 5.41) is 4.66. The van der Waals surface area contributed by atoms with Crippen LogP contribution in [-0.2, 0) is 5.41 Å². The lowest BCUT2D eigenvalue weighted by Crippen LogP contribution is -2.28. The number of benzene rings is 1. The molecule has 2 aromatic rings. The molecular weight excluding hydrogens is 210 g/mol. The maximum atomic E-state index is 5.79. The van der Waals surface area contributed by atoms with Gasteiger partial charge in [0.05, 0.1) is 11.4 Å². The summed E-state index contributed by atoms with van der Waals surface area (Å²) in [5.74, 6) is 0. The molecule has 0 bridgehead atoms. The Hall–Kier alpha value is -1.61.